The van der Waals surface area contributed by atoms with E-state index in [1.807, 2.05) is 6.07 Å². The van der Waals surface area contributed by atoms with E-state index in [0.717, 1.165) is 49.4 Å². The minimum Gasteiger partial charge on any atom is -0.356 e. The molecule has 0 spiro atoms. The summed E-state index contributed by atoms with van der Waals surface area (Å²) in [7, 11) is -4.15. The predicted octanol–water partition coefficient (Wildman–Crippen LogP) is 2.19. The van der Waals surface area contributed by atoms with Crippen LogP contribution in [0.1, 0.15) is 31.7 Å². The van der Waals surface area contributed by atoms with Crippen molar-refractivity contribution in [2.75, 3.05) is 18.0 Å². The van der Waals surface area contributed by atoms with Gasteiger partial charge in [0, 0.05) is 31.4 Å². The lowest BCUT2D eigenvalue weighted by atomic mass is 10.1. The molecule has 0 radical (unpaired) electrons. The normalized spacial score (nSPS) is 15.7. The van der Waals surface area contributed by atoms with Gasteiger partial charge in [-0.25, -0.2) is 17.8 Å². The highest BCUT2D eigenvalue weighted by atomic mass is 32.2. The van der Waals surface area contributed by atoms with E-state index >= 15 is 0 Å². The number of nitrogens with one attached hydrogen (secondary N) is 2. The molecule has 1 amide bonds. The fourth-order valence-corrected chi connectivity index (χ4v) is 4.59. The van der Waals surface area contributed by atoms with Crippen molar-refractivity contribution in [3.63, 3.8) is 0 Å². The first-order valence-corrected chi connectivity index (χ1v) is 11.1. The molecule has 1 saturated heterocycles. The number of pyridine rings is 1. The van der Waals surface area contributed by atoms with Gasteiger partial charge in [-0.2, -0.15) is 4.72 Å². The second-order valence-electron chi connectivity index (χ2n) is 7.03. The molecule has 29 heavy (non-hydrogen) atoms. The summed E-state index contributed by atoms with van der Waals surface area (Å²) in [5.41, 5.74) is 0.868. The maximum absolute atomic E-state index is 13.8. The first-order valence-electron chi connectivity index (χ1n) is 9.62. The van der Waals surface area contributed by atoms with E-state index in [0.29, 0.717) is 0 Å². The van der Waals surface area contributed by atoms with E-state index in [2.05, 4.69) is 19.9 Å². The number of hydrogen-bond acceptors (Lipinski definition) is 5. The van der Waals surface area contributed by atoms with Crippen molar-refractivity contribution in [1.29, 1.82) is 0 Å². The Balaban J connectivity index is 1.63. The van der Waals surface area contributed by atoms with E-state index in [1.54, 1.807) is 12.3 Å². The molecular weight excluding hydrogens is 395 g/mol. The van der Waals surface area contributed by atoms with Gasteiger partial charge in [0.15, 0.2) is 0 Å². The average molecular weight is 421 g/mol. The zero-order valence-electron chi connectivity index (χ0n) is 16.3. The molecule has 7 nitrogen and oxygen atoms in total. The zero-order valence-corrected chi connectivity index (χ0v) is 17.1. The maximum Gasteiger partial charge on any atom is 0.244 e. The number of carbonyl (C=O) groups is 1. The molecule has 1 atom stereocenters. The topological polar surface area (TPSA) is 91.4 Å². The molecule has 0 unspecified atom stereocenters. The molecule has 2 aromatic rings. The number of sulfonamides is 1. The summed E-state index contributed by atoms with van der Waals surface area (Å²) in [6.07, 6.45) is 5.14. The number of aromatic nitrogens is 1. The van der Waals surface area contributed by atoms with Gasteiger partial charge in [-0.3, -0.25) is 4.79 Å². The quantitative estimate of drug-likeness (QED) is 0.717. The molecule has 1 aromatic heterocycles. The SMILES string of the molecule is C[C@H](NS(=O)(=O)c1ccccc1F)C(=O)NCc1cccnc1N1CCCCC1. The molecule has 3 rings (SSSR count). The fourth-order valence-electron chi connectivity index (χ4n) is 3.31. The molecule has 156 valence electrons. The van der Waals surface area contributed by atoms with E-state index in [-0.39, 0.29) is 6.54 Å². The summed E-state index contributed by atoms with van der Waals surface area (Å²) in [5.74, 6) is -0.528. The third-order valence-corrected chi connectivity index (χ3v) is 6.40. The van der Waals surface area contributed by atoms with Crippen LogP contribution in [0.2, 0.25) is 0 Å². The Hall–Kier alpha value is -2.52. The number of amides is 1. The van der Waals surface area contributed by atoms with Gasteiger partial charge in [-0.05, 0) is 44.4 Å². The Bertz CT molecular complexity index is 962. The second kappa shape index (κ2) is 9.32. The Morgan fingerprint density at radius 1 is 1.17 bits per heavy atom. The Morgan fingerprint density at radius 3 is 2.62 bits per heavy atom. The minimum atomic E-state index is -4.15. The van der Waals surface area contributed by atoms with Crippen LogP contribution < -0.4 is 14.9 Å². The van der Waals surface area contributed by atoms with Gasteiger partial charge in [-0.15, -0.1) is 0 Å². The second-order valence-corrected chi connectivity index (χ2v) is 8.71. The monoisotopic (exact) mass is 420 g/mol. The van der Waals surface area contributed by atoms with Gasteiger partial charge in [0.1, 0.15) is 16.5 Å². The first kappa shape index (κ1) is 21.2. The van der Waals surface area contributed by atoms with Crippen molar-refractivity contribution in [2.45, 2.75) is 43.7 Å². The summed E-state index contributed by atoms with van der Waals surface area (Å²) >= 11 is 0. The van der Waals surface area contributed by atoms with Gasteiger partial charge in [0.2, 0.25) is 15.9 Å². The minimum absolute atomic E-state index is 0.226. The van der Waals surface area contributed by atoms with Gasteiger partial charge in [0.05, 0.1) is 6.04 Å². The zero-order chi connectivity index (χ0) is 20.9. The number of hydrogen-bond donors (Lipinski definition) is 2. The van der Waals surface area contributed by atoms with Gasteiger partial charge in [-0.1, -0.05) is 18.2 Å². The van der Waals surface area contributed by atoms with Crippen LogP contribution in [0.3, 0.4) is 0 Å². The lowest BCUT2D eigenvalue weighted by Crippen LogP contribution is -2.44. The van der Waals surface area contributed by atoms with Crippen LogP contribution in [0, 0.1) is 5.82 Å². The molecule has 1 aromatic carbocycles. The van der Waals surface area contributed by atoms with Crippen molar-refractivity contribution < 1.29 is 17.6 Å². The smallest absolute Gasteiger partial charge is 0.244 e. The van der Waals surface area contributed by atoms with Crippen LogP contribution in [0.5, 0.6) is 0 Å². The Morgan fingerprint density at radius 2 is 1.90 bits per heavy atom. The molecule has 1 fully saturated rings. The molecule has 0 saturated carbocycles. The Kier molecular flexibility index (Phi) is 6.81. The van der Waals surface area contributed by atoms with Crippen molar-refractivity contribution >= 4 is 21.7 Å². The third-order valence-electron chi connectivity index (χ3n) is 4.83. The fraction of sp³-hybridized carbons (Fsp3) is 0.400. The highest BCUT2D eigenvalue weighted by molar-refractivity contribution is 7.89. The maximum atomic E-state index is 13.8. The van der Waals surface area contributed by atoms with E-state index in [9.17, 15) is 17.6 Å². The van der Waals surface area contributed by atoms with Crippen LogP contribution >= 0.6 is 0 Å². The number of benzene rings is 1. The largest absolute Gasteiger partial charge is 0.356 e. The molecule has 0 bridgehead atoms. The molecule has 0 aliphatic carbocycles. The molecular formula is C20H25FN4O3S. The van der Waals surface area contributed by atoms with Crippen LogP contribution in [0.15, 0.2) is 47.5 Å². The van der Waals surface area contributed by atoms with Crippen LogP contribution in [-0.2, 0) is 21.4 Å². The van der Waals surface area contributed by atoms with Crippen molar-refractivity contribution in [3.8, 4) is 0 Å². The first-order chi connectivity index (χ1) is 13.9. The van der Waals surface area contributed by atoms with Gasteiger partial charge < -0.3 is 10.2 Å². The van der Waals surface area contributed by atoms with E-state index in [1.165, 1.54) is 25.5 Å². The summed E-state index contributed by atoms with van der Waals surface area (Å²) in [5, 5.41) is 2.74. The summed E-state index contributed by atoms with van der Waals surface area (Å²) < 4.78 is 40.7. The number of rotatable bonds is 7. The van der Waals surface area contributed by atoms with Crippen molar-refractivity contribution in [2.24, 2.45) is 0 Å². The molecule has 9 heteroatoms. The molecule has 2 heterocycles. The summed E-state index contributed by atoms with van der Waals surface area (Å²) in [6.45, 7) is 3.50. The highest BCUT2D eigenvalue weighted by Crippen LogP contribution is 2.21. The molecule has 1 aliphatic rings. The highest BCUT2D eigenvalue weighted by Gasteiger charge is 2.24. The average Bonchev–Trinajstić information content (AvgIpc) is 2.72. The number of carbonyl (C=O) groups excluding carboxylic acids is 1. The summed E-state index contributed by atoms with van der Waals surface area (Å²) in [4.78, 5) is 18.6. The van der Waals surface area contributed by atoms with E-state index < -0.39 is 32.7 Å². The van der Waals surface area contributed by atoms with Crippen molar-refractivity contribution in [3.05, 3.63) is 54.0 Å². The van der Waals surface area contributed by atoms with Gasteiger partial charge in [0.25, 0.3) is 0 Å². The predicted molar refractivity (Wildman–Crippen MR) is 108 cm³/mol. The van der Waals surface area contributed by atoms with Crippen molar-refractivity contribution in [1.82, 2.24) is 15.0 Å². The molecule has 1 aliphatic heterocycles. The number of nitrogens with zero attached hydrogens (tertiary/aromatic N) is 2. The summed E-state index contributed by atoms with van der Waals surface area (Å²) in [6, 6.07) is 7.68. The number of halogens is 1. The standard InChI is InChI=1S/C20H25FN4O3S/c1-15(24-29(27,28)18-10-4-3-9-17(18)21)20(26)23-14-16-8-7-11-22-19(16)25-12-5-2-6-13-25/h3-4,7-11,15,24H,2,5-6,12-14H2,1H3,(H,23,26)/t15-/m0/s1. The van der Waals surface area contributed by atoms with Crippen LogP contribution in [0.4, 0.5) is 10.2 Å². The van der Waals surface area contributed by atoms with Gasteiger partial charge >= 0.3 is 0 Å². The van der Waals surface area contributed by atoms with E-state index in [4.69, 9.17) is 0 Å². The lowest BCUT2D eigenvalue weighted by Gasteiger charge is -2.29. The molecule has 2 N–H and O–H groups in total. The van der Waals surface area contributed by atoms with Crippen LogP contribution in [0.25, 0.3) is 0 Å². The van der Waals surface area contributed by atoms with Crippen LogP contribution in [-0.4, -0.2) is 38.4 Å². The lowest BCUT2D eigenvalue weighted by molar-refractivity contribution is -0.122. The number of anilines is 1. The number of piperidine rings is 1. The Labute approximate surface area is 170 Å². The third kappa shape index (κ3) is 5.30.